The molecular weight excluding hydrogens is 252 g/mol. The van der Waals surface area contributed by atoms with E-state index in [4.69, 9.17) is 0 Å². The summed E-state index contributed by atoms with van der Waals surface area (Å²) in [5.41, 5.74) is 2.21. The molecule has 0 aliphatic heterocycles. The summed E-state index contributed by atoms with van der Waals surface area (Å²) in [6, 6.07) is 9.34. The molecule has 0 radical (unpaired) electrons. The monoisotopic (exact) mass is 272 g/mol. The van der Waals surface area contributed by atoms with Crippen LogP contribution in [0.5, 0.6) is 0 Å². The first-order chi connectivity index (χ1) is 9.49. The molecule has 0 fully saturated rings. The normalized spacial score (nSPS) is 12.7. The Kier molecular flexibility index (Phi) is 4.35. The predicted octanol–water partition coefficient (Wildman–Crippen LogP) is 2.29. The van der Waals surface area contributed by atoms with Gasteiger partial charge in [0.2, 0.25) is 0 Å². The number of nitrogens with zero attached hydrogens (tertiary/aromatic N) is 1. The molecule has 0 saturated heterocycles. The van der Waals surface area contributed by atoms with Crippen LogP contribution in [-0.4, -0.2) is 28.6 Å². The Labute approximate surface area is 118 Å². The van der Waals surface area contributed by atoms with Gasteiger partial charge in [0.15, 0.2) is 0 Å². The number of pyridine rings is 1. The lowest BCUT2D eigenvalue weighted by molar-refractivity contribution is 0.0873. The number of aryl methyl sites for hydroxylation is 1. The summed E-state index contributed by atoms with van der Waals surface area (Å²) in [5.74, 6) is -0.0578. The average molecular weight is 272 g/mol. The molecule has 0 aliphatic carbocycles. The number of benzene rings is 1. The second kappa shape index (κ2) is 6.01. The molecule has 1 unspecified atom stereocenters. The Bertz CT molecular complexity index is 623. The van der Waals surface area contributed by atoms with Gasteiger partial charge in [-0.1, -0.05) is 32.0 Å². The van der Waals surface area contributed by atoms with Gasteiger partial charge in [-0.3, -0.25) is 9.78 Å². The van der Waals surface area contributed by atoms with Gasteiger partial charge >= 0.3 is 0 Å². The van der Waals surface area contributed by atoms with E-state index in [0.29, 0.717) is 5.56 Å². The Morgan fingerprint density at radius 1 is 1.35 bits per heavy atom. The molecule has 0 saturated carbocycles. The number of amides is 1. The summed E-state index contributed by atoms with van der Waals surface area (Å²) < 4.78 is 0. The minimum Gasteiger partial charge on any atom is -0.391 e. The van der Waals surface area contributed by atoms with Crippen LogP contribution < -0.4 is 5.32 Å². The molecule has 1 heterocycles. The number of fused-ring (bicyclic) bond motifs is 1. The molecule has 4 heteroatoms. The minimum atomic E-state index is -0.534. The number of carbonyl (C=O) groups excluding carboxylic acids is 1. The number of hydrogen-bond acceptors (Lipinski definition) is 3. The lowest BCUT2D eigenvalue weighted by Gasteiger charge is -2.15. The molecule has 0 bridgehead atoms. The van der Waals surface area contributed by atoms with Crippen molar-refractivity contribution in [1.29, 1.82) is 0 Å². The van der Waals surface area contributed by atoms with Gasteiger partial charge in [-0.2, -0.15) is 0 Å². The molecule has 4 nitrogen and oxygen atoms in total. The van der Waals surface area contributed by atoms with E-state index in [1.807, 2.05) is 45.0 Å². The van der Waals surface area contributed by atoms with Gasteiger partial charge in [0.25, 0.3) is 5.91 Å². The van der Waals surface area contributed by atoms with E-state index in [0.717, 1.165) is 16.6 Å². The van der Waals surface area contributed by atoms with E-state index >= 15 is 0 Å². The van der Waals surface area contributed by atoms with E-state index in [-0.39, 0.29) is 18.4 Å². The van der Waals surface area contributed by atoms with Crippen molar-refractivity contribution in [2.75, 3.05) is 6.54 Å². The van der Waals surface area contributed by atoms with E-state index in [2.05, 4.69) is 10.3 Å². The third-order valence-electron chi connectivity index (χ3n) is 3.33. The number of aliphatic hydroxyl groups excluding tert-OH is 1. The molecule has 20 heavy (non-hydrogen) atoms. The minimum absolute atomic E-state index is 0.117. The second-order valence-corrected chi connectivity index (χ2v) is 5.35. The fourth-order valence-corrected chi connectivity index (χ4v) is 2.02. The molecule has 1 aromatic carbocycles. The second-order valence-electron chi connectivity index (χ2n) is 5.35. The van der Waals surface area contributed by atoms with Gasteiger partial charge < -0.3 is 10.4 Å². The Balaban J connectivity index is 2.26. The van der Waals surface area contributed by atoms with E-state index in [1.165, 1.54) is 0 Å². The highest BCUT2D eigenvalue weighted by Gasteiger charge is 2.14. The lowest BCUT2D eigenvalue weighted by atomic mass is 10.1. The lowest BCUT2D eigenvalue weighted by Crippen LogP contribution is -2.34. The molecular formula is C16H20N2O2. The van der Waals surface area contributed by atoms with Crippen LogP contribution in [0.15, 0.2) is 30.3 Å². The van der Waals surface area contributed by atoms with Crippen LogP contribution in [-0.2, 0) is 0 Å². The van der Waals surface area contributed by atoms with Crippen molar-refractivity contribution in [1.82, 2.24) is 10.3 Å². The summed E-state index contributed by atoms with van der Waals surface area (Å²) in [5, 5.41) is 13.4. The fraction of sp³-hybridized carbons (Fsp3) is 0.375. The largest absolute Gasteiger partial charge is 0.391 e. The zero-order chi connectivity index (χ0) is 14.7. The zero-order valence-electron chi connectivity index (χ0n) is 12.1. The highest BCUT2D eigenvalue weighted by atomic mass is 16.3. The average Bonchev–Trinajstić information content (AvgIpc) is 2.43. The van der Waals surface area contributed by atoms with Crippen molar-refractivity contribution in [3.05, 3.63) is 41.6 Å². The molecule has 1 atom stereocenters. The summed E-state index contributed by atoms with van der Waals surface area (Å²) >= 11 is 0. The maximum Gasteiger partial charge on any atom is 0.252 e. The Hall–Kier alpha value is -1.94. The highest BCUT2D eigenvalue weighted by molar-refractivity contribution is 6.06. The van der Waals surface area contributed by atoms with Crippen LogP contribution in [0.1, 0.15) is 29.9 Å². The topological polar surface area (TPSA) is 62.2 Å². The number of nitrogens with one attached hydrogen (secondary N) is 1. The first kappa shape index (κ1) is 14.5. The molecule has 0 aliphatic rings. The van der Waals surface area contributed by atoms with Crippen molar-refractivity contribution in [2.24, 2.45) is 5.92 Å². The predicted molar refractivity (Wildman–Crippen MR) is 79.7 cm³/mol. The fourth-order valence-electron chi connectivity index (χ4n) is 2.02. The first-order valence-corrected chi connectivity index (χ1v) is 6.81. The zero-order valence-corrected chi connectivity index (χ0v) is 12.1. The van der Waals surface area contributed by atoms with Crippen LogP contribution in [0.3, 0.4) is 0 Å². The van der Waals surface area contributed by atoms with Gasteiger partial charge in [-0.25, -0.2) is 0 Å². The van der Waals surface area contributed by atoms with Crippen LogP contribution in [0, 0.1) is 12.8 Å². The number of rotatable bonds is 4. The highest BCUT2D eigenvalue weighted by Crippen LogP contribution is 2.18. The van der Waals surface area contributed by atoms with Crippen molar-refractivity contribution in [3.63, 3.8) is 0 Å². The molecule has 0 spiro atoms. The summed E-state index contributed by atoms with van der Waals surface area (Å²) in [6.45, 7) is 5.96. The van der Waals surface area contributed by atoms with Crippen LogP contribution in [0.25, 0.3) is 10.9 Å². The Morgan fingerprint density at radius 3 is 2.75 bits per heavy atom. The number of aromatic nitrogens is 1. The molecule has 2 rings (SSSR count). The van der Waals surface area contributed by atoms with Crippen LogP contribution >= 0.6 is 0 Å². The van der Waals surface area contributed by atoms with Crippen LogP contribution in [0.4, 0.5) is 0 Å². The Morgan fingerprint density at radius 2 is 2.05 bits per heavy atom. The summed E-state index contributed by atoms with van der Waals surface area (Å²) in [6.07, 6.45) is -0.534. The SMILES string of the molecule is Cc1cc(C(=O)NCC(O)C(C)C)c2ccccc2n1. The number of aliphatic hydroxyl groups is 1. The third kappa shape index (κ3) is 3.14. The maximum atomic E-state index is 12.3. The molecule has 106 valence electrons. The van der Waals surface area contributed by atoms with Gasteiger partial charge in [0, 0.05) is 17.6 Å². The van der Waals surface area contributed by atoms with E-state index in [9.17, 15) is 9.90 Å². The standard InChI is InChI=1S/C16H20N2O2/c1-10(2)15(19)9-17-16(20)13-8-11(3)18-14-7-5-4-6-12(13)14/h4-8,10,15,19H,9H2,1-3H3,(H,17,20). The molecule has 1 amide bonds. The number of para-hydroxylation sites is 1. The van der Waals surface area contributed by atoms with Crippen molar-refractivity contribution in [2.45, 2.75) is 26.9 Å². The molecule has 2 N–H and O–H groups in total. The van der Waals surface area contributed by atoms with Gasteiger partial charge in [0.05, 0.1) is 17.2 Å². The quantitative estimate of drug-likeness (QED) is 0.897. The van der Waals surface area contributed by atoms with Gasteiger partial charge in [-0.15, -0.1) is 0 Å². The van der Waals surface area contributed by atoms with E-state index in [1.54, 1.807) is 6.07 Å². The van der Waals surface area contributed by atoms with Gasteiger partial charge in [0.1, 0.15) is 0 Å². The van der Waals surface area contributed by atoms with Crippen molar-refractivity contribution in [3.8, 4) is 0 Å². The number of carbonyl (C=O) groups is 1. The van der Waals surface area contributed by atoms with E-state index < -0.39 is 6.10 Å². The number of hydrogen-bond donors (Lipinski definition) is 2. The summed E-state index contributed by atoms with van der Waals surface area (Å²) in [4.78, 5) is 16.7. The molecule has 2 aromatic rings. The van der Waals surface area contributed by atoms with Gasteiger partial charge in [-0.05, 0) is 25.0 Å². The van der Waals surface area contributed by atoms with Crippen molar-refractivity contribution >= 4 is 16.8 Å². The maximum absolute atomic E-state index is 12.3. The smallest absolute Gasteiger partial charge is 0.252 e. The van der Waals surface area contributed by atoms with Crippen LogP contribution in [0.2, 0.25) is 0 Å². The first-order valence-electron chi connectivity index (χ1n) is 6.81. The third-order valence-corrected chi connectivity index (χ3v) is 3.33. The van der Waals surface area contributed by atoms with Crippen molar-refractivity contribution < 1.29 is 9.90 Å². The molecule has 1 aromatic heterocycles. The summed E-state index contributed by atoms with van der Waals surface area (Å²) in [7, 11) is 0.